The standard InChI is InChI=1S/C20H23N5OS/c1-13-3-5-15(6-4-13)16-11-27-20-17(16)19(22-12-23-20)25-9-7-24(8-10-25)14(2)18(21)26/h3-6,11-12,14H,7-10H2,1-2H3,(H2,21,26)/t14-/m1/s1. The van der Waals surface area contributed by atoms with Crippen molar-refractivity contribution in [1.82, 2.24) is 14.9 Å². The number of rotatable bonds is 4. The Morgan fingerprint density at radius 1 is 1.15 bits per heavy atom. The lowest BCUT2D eigenvalue weighted by atomic mass is 10.0. The predicted octanol–water partition coefficient (Wildman–Crippen LogP) is 2.66. The molecule has 0 saturated carbocycles. The van der Waals surface area contributed by atoms with E-state index < -0.39 is 0 Å². The van der Waals surface area contributed by atoms with Crippen LogP contribution in [0.1, 0.15) is 12.5 Å². The molecule has 1 amide bonds. The lowest BCUT2D eigenvalue weighted by Gasteiger charge is -2.37. The number of carbonyl (C=O) groups excluding carboxylic acids is 1. The van der Waals surface area contributed by atoms with Crippen LogP contribution in [0.2, 0.25) is 0 Å². The Labute approximate surface area is 162 Å². The normalized spacial score (nSPS) is 16.6. The number of aryl methyl sites for hydroxylation is 1. The van der Waals surface area contributed by atoms with Crippen molar-refractivity contribution in [3.8, 4) is 11.1 Å². The van der Waals surface area contributed by atoms with Crippen molar-refractivity contribution >= 4 is 33.3 Å². The molecule has 1 aromatic carbocycles. The maximum Gasteiger partial charge on any atom is 0.234 e. The van der Waals surface area contributed by atoms with Crippen molar-refractivity contribution in [2.24, 2.45) is 5.73 Å². The number of benzene rings is 1. The van der Waals surface area contributed by atoms with Gasteiger partial charge in [0.2, 0.25) is 5.91 Å². The fraction of sp³-hybridized carbons (Fsp3) is 0.350. The van der Waals surface area contributed by atoms with Gasteiger partial charge in [-0.3, -0.25) is 9.69 Å². The van der Waals surface area contributed by atoms with Gasteiger partial charge in [-0.05, 0) is 19.4 Å². The number of piperazine rings is 1. The molecule has 0 aliphatic carbocycles. The average molecular weight is 382 g/mol. The lowest BCUT2D eigenvalue weighted by molar-refractivity contribution is -0.122. The van der Waals surface area contributed by atoms with E-state index in [1.54, 1.807) is 17.7 Å². The Morgan fingerprint density at radius 3 is 2.52 bits per heavy atom. The van der Waals surface area contributed by atoms with E-state index >= 15 is 0 Å². The van der Waals surface area contributed by atoms with E-state index in [1.165, 1.54) is 16.7 Å². The van der Waals surface area contributed by atoms with Crippen LogP contribution in [0, 0.1) is 6.92 Å². The molecule has 0 unspecified atom stereocenters. The number of primary amides is 1. The van der Waals surface area contributed by atoms with Gasteiger partial charge in [-0.15, -0.1) is 11.3 Å². The Kier molecular flexibility index (Phi) is 4.80. The summed E-state index contributed by atoms with van der Waals surface area (Å²) >= 11 is 1.65. The first-order valence-corrected chi connectivity index (χ1v) is 10.00. The molecule has 4 rings (SSSR count). The van der Waals surface area contributed by atoms with E-state index in [1.807, 2.05) is 6.92 Å². The predicted molar refractivity (Wildman–Crippen MR) is 110 cm³/mol. The molecule has 1 aliphatic heterocycles. The van der Waals surface area contributed by atoms with Gasteiger partial charge in [0.15, 0.2) is 0 Å². The van der Waals surface area contributed by atoms with Crippen LogP contribution in [0.15, 0.2) is 36.0 Å². The SMILES string of the molecule is Cc1ccc(-c2csc3ncnc(N4CCN([C@H](C)C(N)=O)CC4)c23)cc1. The summed E-state index contributed by atoms with van der Waals surface area (Å²) in [6.07, 6.45) is 1.64. The van der Waals surface area contributed by atoms with Crippen LogP contribution in [0.25, 0.3) is 21.3 Å². The van der Waals surface area contributed by atoms with E-state index in [0.717, 1.165) is 42.2 Å². The molecule has 1 aliphatic rings. The van der Waals surface area contributed by atoms with Crippen molar-refractivity contribution in [2.45, 2.75) is 19.9 Å². The maximum atomic E-state index is 11.5. The van der Waals surface area contributed by atoms with Crippen LogP contribution in [-0.4, -0.2) is 53.0 Å². The maximum absolute atomic E-state index is 11.5. The molecule has 7 heteroatoms. The Balaban J connectivity index is 1.66. The highest BCUT2D eigenvalue weighted by molar-refractivity contribution is 7.17. The number of anilines is 1. The molecule has 2 N–H and O–H groups in total. The molecular weight excluding hydrogens is 358 g/mol. The first kappa shape index (κ1) is 17.9. The minimum absolute atomic E-state index is 0.234. The third kappa shape index (κ3) is 3.40. The summed E-state index contributed by atoms with van der Waals surface area (Å²) in [5, 5.41) is 3.28. The van der Waals surface area contributed by atoms with Crippen molar-refractivity contribution in [1.29, 1.82) is 0 Å². The molecular formula is C20H23N5OS. The van der Waals surface area contributed by atoms with Crippen LogP contribution < -0.4 is 10.6 Å². The number of amides is 1. The fourth-order valence-corrected chi connectivity index (χ4v) is 4.46. The molecule has 0 spiro atoms. The van der Waals surface area contributed by atoms with Crippen LogP contribution in [0.3, 0.4) is 0 Å². The number of aromatic nitrogens is 2. The van der Waals surface area contributed by atoms with Crippen molar-refractivity contribution in [3.05, 3.63) is 41.5 Å². The van der Waals surface area contributed by atoms with Gasteiger partial charge in [0.1, 0.15) is 17.0 Å². The summed E-state index contributed by atoms with van der Waals surface area (Å²) in [6.45, 7) is 7.17. The van der Waals surface area contributed by atoms with Crippen LogP contribution >= 0.6 is 11.3 Å². The molecule has 3 heterocycles. The summed E-state index contributed by atoms with van der Waals surface area (Å²) in [5.74, 6) is 0.704. The fourth-order valence-electron chi connectivity index (χ4n) is 3.55. The smallest absolute Gasteiger partial charge is 0.234 e. The van der Waals surface area contributed by atoms with Gasteiger partial charge in [-0.25, -0.2) is 9.97 Å². The summed E-state index contributed by atoms with van der Waals surface area (Å²) in [4.78, 5) is 26.0. The number of hydrogen-bond acceptors (Lipinski definition) is 6. The molecule has 3 aromatic rings. The third-order valence-corrected chi connectivity index (χ3v) is 6.17. The molecule has 1 atom stereocenters. The van der Waals surface area contributed by atoms with Gasteiger partial charge < -0.3 is 10.6 Å². The van der Waals surface area contributed by atoms with E-state index in [9.17, 15) is 4.79 Å². The van der Waals surface area contributed by atoms with E-state index in [-0.39, 0.29) is 11.9 Å². The number of nitrogens with zero attached hydrogens (tertiary/aromatic N) is 4. The summed E-state index contributed by atoms with van der Waals surface area (Å²) in [6, 6.07) is 8.33. The minimum Gasteiger partial charge on any atom is -0.368 e. The van der Waals surface area contributed by atoms with E-state index in [4.69, 9.17) is 5.73 Å². The molecule has 0 radical (unpaired) electrons. The molecule has 2 aromatic heterocycles. The molecule has 1 fully saturated rings. The second-order valence-electron chi connectivity index (χ2n) is 6.99. The monoisotopic (exact) mass is 381 g/mol. The molecule has 140 valence electrons. The van der Waals surface area contributed by atoms with Crippen LogP contribution in [0.5, 0.6) is 0 Å². The molecule has 6 nitrogen and oxygen atoms in total. The lowest BCUT2D eigenvalue weighted by Crippen LogP contribution is -2.53. The summed E-state index contributed by atoms with van der Waals surface area (Å²) in [5.41, 5.74) is 9.06. The van der Waals surface area contributed by atoms with Crippen molar-refractivity contribution in [2.75, 3.05) is 31.1 Å². The number of nitrogens with two attached hydrogens (primary N) is 1. The van der Waals surface area contributed by atoms with Crippen LogP contribution in [-0.2, 0) is 4.79 Å². The quantitative estimate of drug-likeness (QED) is 0.752. The zero-order valence-corrected chi connectivity index (χ0v) is 16.4. The van der Waals surface area contributed by atoms with Gasteiger partial charge in [0.05, 0.1) is 11.4 Å². The van der Waals surface area contributed by atoms with Crippen molar-refractivity contribution in [3.63, 3.8) is 0 Å². The second-order valence-corrected chi connectivity index (χ2v) is 7.85. The highest BCUT2D eigenvalue weighted by atomic mass is 32.1. The third-order valence-electron chi connectivity index (χ3n) is 5.29. The Morgan fingerprint density at radius 2 is 1.85 bits per heavy atom. The van der Waals surface area contributed by atoms with E-state index in [2.05, 4.69) is 56.3 Å². The zero-order valence-electron chi connectivity index (χ0n) is 15.6. The Bertz CT molecular complexity index is 960. The largest absolute Gasteiger partial charge is 0.368 e. The minimum atomic E-state index is -0.271. The van der Waals surface area contributed by atoms with E-state index in [0.29, 0.717) is 0 Å². The van der Waals surface area contributed by atoms with Gasteiger partial charge in [0, 0.05) is 37.1 Å². The Hall–Kier alpha value is -2.51. The summed E-state index contributed by atoms with van der Waals surface area (Å²) < 4.78 is 0. The van der Waals surface area contributed by atoms with Crippen LogP contribution in [0.4, 0.5) is 5.82 Å². The molecule has 27 heavy (non-hydrogen) atoms. The number of fused-ring (bicyclic) bond motifs is 1. The highest BCUT2D eigenvalue weighted by Gasteiger charge is 2.26. The number of carbonyl (C=O) groups is 1. The molecule has 1 saturated heterocycles. The van der Waals surface area contributed by atoms with Gasteiger partial charge in [-0.2, -0.15) is 0 Å². The van der Waals surface area contributed by atoms with Crippen molar-refractivity contribution < 1.29 is 4.79 Å². The first-order chi connectivity index (χ1) is 13.0. The topological polar surface area (TPSA) is 75.3 Å². The molecule has 0 bridgehead atoms. The number of thiophene rings is 1. The zero-order chi connectivity index (χ0) is 19.0. The second kappa shape index (κ2) is 7.25. The number of hydrogen-bond donors (Lipinski definition) is 1. The van der Waals surface area contributed by atoms with Gasteiger partial charge >= 0.3 is 0 Å². The highest BCUT2D eigenvalue weighted by Crippen LogP contribution is 2.38. The van der Waals surface area contributed by atoms with Gasteiger partial charge in [-0.1, -0.05) is 29.8 Å². The summed E-state index contributed by atoms with van der Waals surface area (Å²) in [7, 11) is 0. The first-order valence-electron chi connectivity index (χ1n) is 9.12. The average Bonchev–Trinajstić information content (AvgIpc) is 3.12. The van der Waals surface area contributed by atoms with Gasteiger partial charge in [0.25, 0.3) is 0 Å².